The summed E-state index contributed by atoms with van der Waals surface area (Å²) in [4.78, 5) is 0. The number of hydrogen-bond acceptors (Lipinski definition) is 2. The quantitative estimate of drug-likeness (QED) is 0.726. The van der Waals surface area contributed by atoms with Gasteiger partial charge in [0.2, 0.25) is 0 Å². The molecular weight excluding hydrogens is 186 g/mol. The molecule has 0 saturated heterocycles. The Kier molecular flexibility index (Phi) is 5.19. The average molecular weight is 207 g/mol. The van der Waals surface area contributed by atoms with Crippen molar-refractivity contribution in [2.45, 2.75) is 39.2 Å². The van der Waals surface area contributed by atoms with Gasteiger partial charge in [-0.2, -0.15) is 0 Å². The van der Waals surface area contributed by atoms with Gasteiger partial charge in [0.15, 0.2) is 0 Å². The first-order valence-electron chi connectivity index (χ1n) is 5.76. The molecule has 0 aliphatic carbocycles. The first-order chi connectivity index (χ1) is 7.27. The normalized spacial score (nSPS) is 12.5. The van der Waals surface area contributed by atoms with Crippen molar-refractivity contribution in [1.29, 1.82) is 0 Å². The molecule has 1 aromatic carbocycles. The van der Waals surface area contributed by atoms with E-state index >= 15 is 0 Å². The van der Waals surface area contributed by atoms with Gasteiger partial charge in [-0.3, -0.25) is 0 Å². The Balaban J connectivity index is 2.57. The lowest BCUT2D eigenvalue weighted by Gasteiger charge is -2.11. The number of benzene rings is 1. The smallest absolute Gasteiger partial charge is 0.119 e. The summed E-state index contributed by atoms with van der Waals surface area (Å²) < 4.78 is 5.63. The number of hydrogen-bond donors (Lipinski definition) is 1. The van der Waals surface area contributed by atoms with Gasteiger partial charge in [-0.15, -0.1) is 0 Å². The molecule has 84 valence electrons. The van der Waals surface area contributed by atoms with Crippen molar-refractivity contribution < 1.29 is 4.74 Å². The molecular formula is C13H21NO. The molecule has 1 rings (SSSR count). The van der Waals surface area contributed by atoms with Crippen molar-refractivity contribution in [3.8, 4) is 5.75 Å². The van der Waals surface area contributed by atoms with Crippen LogP contribution in [0, 0.1) is 0 Å². The fraction of sp³-hybridized carbons (Fsp3) is 0.538. The van der Waals surface area contributed by atoms with Crippen molar-refractivity contribution >= 4 is 0 Å². The lowest BCUT2D eigenvalue weighted by Crippen LogP contribution is -2.08. The van der Waals surface area contributed by atoms with E-state index < -0.39 is 0 Å². The highest BCUT2D eigenvalue weighted by Crippen LogP contribution is 2.19. The lowest BCUT2D eigenvalue weighted by atomic mass is 10.1. The molecule has 2 N–H and O–H groups in total. The van der Waals surface area contributed by atoms with Crippen LogP contribution in [0.3, 0.4) is 0 Å². The zero-order chi connectivity index (χ0) is 11.1. The number of rotatable bonds is 6. The van der Waals surface area contributed by atoms with Gasteiger partial charge in [0.25, 0.3) is 0 Å². The topological polar surface area (TPSA) is 35.2 Å². The van der Waals surface area contributed by atoms with E-state index in [2.05, 4.69) is 19.9 Å². The molecule has 0 heterocycles. The van der Waals surface area contributed by atoms with Crippen LogP contribution in [-0.4, -0.2) is 6.61 Å². The number of ether oxygens (including phenoxy) is 1. The molecule has 0 fully saturated rings. The van der Waals surface area contributed by atoms with Crippen LogP contribution in [0.1, 0.15) is 44.7 Å². The van der Waals surface area contributed by atoms with Crippen molar-refractivity contribution in [3.05, 3.63) is 29.8 Å². The third kappa shape index (κ3) is 3.92. The van der Waals surface area contributed by atoms with Gasteiger partial charge in [-0.25, -0.2) is 0 Å². The molecule has 0 radical (unpaired) electrons. The van der Waals surface area contributed by atoms with Crippen LogP contribution < -0.4 is 10.5 Å². The fourth-order valence-corrected chi connectivity index (χ4v) is 1.41. The van der Waals surface area contributed by atoms with E-state index in [1.54, 1.807) is 0 Å². The van der Waals surface area contributed by atoms with E-state index in [1.807, 2.05) is 18.2 Å². The SMILES string of the molecule is CCCCOc1cccc(C(N)CC)c1. The summed E-state index contributed by atoms with van der Waals surface area (Å²) in [5.74, 6) is 0.935. The van der Waals surface area contributed by atoms with Crippen LogP contribution in [0.25, 0.3) is 0 Å². The third-order valence-electron chi connectivity index (χ3n) is 2.49. The number of nitrogens with two attached hydrogens (primary N) is 1. The molecule has 0 aliphatic heterocycles. The van der Waals surface area contributed by atoms with Gasteiger partial charge in [0.1, 0.15) is 5.75 Å². The van der Waals surface area contributed by atoms with E-state index in [1.165, 1.54) is 0 Å². The van der Waals surface area contributed by atoms with Gasteiger partial charge in [0, 0.05) is 6.04 Å². The Morgan fingerprint density at radius 1 is 1.33 bits per heavy atom. The summed E-state index contributed by atoms with van der Waals surface area (Å²) in [5.41, 5.74) is 7.12. The van der Waals surface area contributed by atoms with Crippen LogP contribution in [-0.2, 0) is 0 Å². The van der Waals surface area contributed by atoms with Crippen LogP contribution >= 0.6 is 0 Å². The molecule has 2 nitrogen and oxygen atoms in total. The molecule has 0 aromatic heterocycles. The molecule has 2 heteroatoms. The molecule has 1 unspecified atom stereocenters. The molecule has 0 bridgehead atoms. The second-order valence-corrected chi connectivity index (χ2v) is 3.79. The standard InChI is InChI=1S/C13H21NO/c1-3-5-9-15-12-8-6-7-11(10-12)13(14)4-2/h6-8,10,13H,3-5,9,14H2,1-2H3. The van der Waals surface area contributed by atoms with Crippen molar-refractivity contribution in [3.63, 3.8) is 0 Å². The third-order valence-corrected chi connectivity index (χ3v) is 2.49. The second kappa shape index (κ2) is 6.46. The predicted molar refractivity (Wildman–Crippen MR) is 64.1 cm³/mol. The molecule has 0 aliphatic rings. The maximum absolute atomic E-state index is 5.96. The predicted octanol–water partition coefficient (Wildman–Crippen LogP) is 3.28. The zero-order valence-electron chi connectivity index (χ0n) is 9.70. The maximum Gasteiger partial charge on any atom is 0.119 e. The average Bonchev–Trinajstić information content (AvgIpc) is 2.29. The Morgan fingerprint density at radius 2 is 2.13 bits per heavy atom. The first kappa shape index (κ1) is 12.1. The molecule has 15 heavy (non-hydrogen) atoms. The van der Waals surface area contributed by atoms with E-state index in [0.717, 1.165) is 37.2 Å². The molecule has 1 aromatic rings. The highest BCUT2D eigenvalue weighted by Gasteiger charge is 2.03. The Labute approximate surface area is 92.4 Å². The lowest BCUT2D eigenvalue weighted by molar-refractivity contribution is 0.309. The summed E-state index contributed by atoms with van der Waals surface area (Å²) >= 11 is 0. The van der Waals surface area contributed by atoms with Crippen LogP contribution in [0.15, 0.2) is 24.3 Å². The van der Waals surface area contributed by atoms with Crippen LogP contribution in [0.2, 0.25) is 0 Å². The minimum atomic E-state index is 0.125. The van der Waals surface area contributed by atoms with E-state index in [4.69, 9.17) is 10.5 Å². The van der Waals surface area contributed by atoms with Gasteiger partial charge in [-0.1, -0.05) is 32.4 Å². The first-order valence-corrected chi connectivity index (χ1v) is 5.76. The van der Waals surface area contributed by atoms with E-state index in [9.17, 15) is 0 Å². The fourth-order valence-electron chi connectivity index (χ4n) is 1.41. The van der Waals surface area contributed by atoms with Crippen LogP contribution in [0.4, 0.5) is 0 Å². The summed E-state index contributed by atoms with van der Waals surface area (Å²) in [6.07, 6.45) is 3.22. The Bertz CT molecular complexity index is 286. The summed E-state index contributed by atoms with van der Waals surface area (Å²) in [6, 6.07) is 8.22. The van der Waals surface area contributed by atoms with Gasteiger partial charge < -0.3 is 10.5 Å². The Hall–Kier alpha value is -1.02. The summed E-state index contributed by atoms with van der Waals surface area (Å²) in [5, 5.41) is 0. The van der Waals surface area contributed by atoms with Crippen molar-refractivity contribution in [2.75, 3.05) is 6.61 Å². The molecule has 1 atom stereocenters. The largest absolute Gasteiger partial charge is 0.494 e. The molecule has 0 saturated carbocycles. The van der Waals surface area contributed by atoms with Crippen LogP contribution in [0.5, 0.6) is 5.75 Å². The monoisotopic (exact) mass is 207 g/mol. The minimum absolute atomic E-state index is 0.125. The van der Waals surface area contributed by atoms with Gasteiger partial charge in [-0.05, 0) is 30.5 Å². The highest BCUT2D eigenvalue weighted by molar-refractivity contribution is 5.30. The van der Waals surface area contributed by atoms with E-state index in [-0.39, 0.29) is 6.04 Å². The number of unbranched alkanes of at least 4 members (excludes halogenated alkanes) is 1. The van der Waals surface area contributed by atoms with E-state index in [0.29, 0.717) is 0 Å². The zero-order valence-corrected chi connectivity index (χ0v) is 9.70. The summed E-state index contributed by atoms with van der Waals surface area (Å²) in [6.45, 7) is 5.05. The highest BCUT2D eigenvalue weighted by atomic mass is 16.5. The van der Waals surface area contributed by atoms with Crippen molar-refractivity contribution in [2.24, 2.45) is 5.73 Å². The molecule has 0 spiro atoms. The maximum atomic E-state index is 5.96. The summed E-state index contributed by atoms with van der Waals surface area (Å²) in [7, 11) is 0. The Morgan fingerprint density at radius 3 is 2.80 bits per heavy atom. The minimum Gasteiger partial charge on any atom is -0.494 e. The van der Waals surface area contributed by atoms with Gasteiger partial charge in [0.05, 0.1) is 6.61 Å². The van der Waals surface area contributed by atoms with Crippen molar-refractivity contribution in [1.82, 2.24) is 0 Å². The molecule has 0 amide bonds. The van der Waals surface area contributed by atoms with Gasteiger partial charge >= 0.3 is 0 Å². The second-order valence-electron chi connectivity index (χ2n) is 3.79.